The molecule has 1 atom stereocenters. The second-order valence-electron chi connectivity index (χ2n) is 8.36. The van der Waals surface area contributed by atoms with Gasteiger partial charge in [-0.15, -0.1) is 0 Å². The van der Waals surface area contributed by atoms with Crippen LogP contribution in [0.4, 0.5) is 0 Å². The molecule has 0 radical (unpaired) electrons. The van der Waals surface area contributed by atoms with Crippen LogP contribution in [0.2, 0.25) is 0 Å². The summed E-state index contributed by atoms with van der Waals surface area (Å²) < 4.78 is 0. The molecule has 1 aromatic rings. The molecule has 1 unspecified atom stereocenters. The Labute approximate surface area is 176 Å². The molecular formula is C23H37N5O. The number of aryl methyl sites for hydroxylation is 1. The number of carbonyl (C=O) groups is 1. The highest BCUT2D eigenvalue weighted by atomic mass is 16.2. The van der Waals surface area contributed by atoms with E-state index >= 15 is 0 Å². The molecule has 1 amide bonds. The zero-order chi connectivity index (χ0) is 20.6. The predicted molar refractivity (Wildman–Crippen MR) is 119 cm³/mol. The summed E-state index contributed by atoms with van der Waals surface area (Å²) in [5.74, 6) is 1.68. The van der Waals surface area contributed by atoms with Gasteiger partial charge in [0, 0.05) is 58.3 Å². The van der Waals surface area contributed by atoms with Gasteiger partial charge in [-0.2, -0.15) is 0 Å². The van der Waals surface area contributed by atoms with Crippen LogP contribution in [0.15, 0.2) is 29.3 Å². The Morgan fingerprint density at radius 2 is 1.69 bits per heavy atom. The quantitative estimate of drug-likeness (QED) is 0.589. The number of aliphatic imine (C=N–C) groups is 1. The monoisotopic (exact) mass is 399 g/mol. The minimum Gasteiger partial charge on any atom is -0.357 e. The molecule has 160 valence electrons. The van der Waals surface area contributed by atoms with E-state index in [0.717, 1.165) is 71.2 Å². The Kier molecular flexibility index (Phi) is 7.92. The topological polar surface area (TPSA) is 51.2 Å². The van der Waals surface area contributed by atoms with Crippen molar-refractivity contribution in [1.29, 1.82) is 0 Å². The van der Waals surface area contributed by atoms with E-state index in [-0.39, 0.29) is 0 Å². The second kappa shape index (κ2) is 10.6. The molecule has 0 aliphatic carbocycles. The molecular weight excluding hydrogens is 362 g/mol. The van der Waals surface area contributed by atoms with Crippen molar-refractivity contribution >= 4 is 11.9 Å². The van der Waals surface area contributed by atoms with Crippen molar-refractivity contribution in [3.05, 3.63) is 35.4 Å². The Hall–Kier alpha value is -2.08. The lowest BCUT2D eigenvalue weighted by molar-refractivity contribution is -0.131. The molecule has 2 heterocycles. The first-order chi connectivity index (χ1) is 14.1. The lowest BCUT2D eigenvalue weighted by Gasteiger charge is -2.36. The Balaban J connectivity index is 1.50. The van der Waals surface area contributed by atoms with Crippen LogP contribution in [0.3, 0.4) is 0 Å². The highest BCUT2D eigenvalue weighted by Gasteiger charge is 2.24. The van der Waals surface area contributed by atoms with Crippen molar-refractivity contribution in [3.8, 4) is 0 Å². The highest BCUT2D eigenvalue weighted by Crippen LogP contribution is 2.16. The van der Waals surface area contributed by atoms with E-state index in [9.17, 15) is 4.79 Å². The smallest absolute Gasteiger partial charge is 0.236 e. The van der Waals surface area contributed by atoms with Gasteiger partial charge in [0.1, 0.15) is 0 Å². The van der Waals surface area contributed by atoms with Crippen LogP contribution in [0.25, 0.3) is 0 Å². The maximum Gasteiger partial charge on any atom is 0.236 e. The van der Waals surface area contributed by atoms with Gasteiger partial charge in [0.2, 0.25) is 5.91 Å². The van der Waals surface area contributed by atoms with Gasteiger partial charge in [0.25, 0.3) is 0 Å². The molecule has 6 nitrogen and oxygen atoms in total. The minimum atomic E-state index is 0.295. The van der Waals surface area contributed by atoms with Gasteiger partial charge < -0.3 is 15.1 Å². The van der Waals surface area contributed by atoms with Gasteiger partial charge in [0.05, 0.1) is 6.54 Å². The number of rotatable bonds is 6. The molecule has 2 fully saturated rings. The van der Waals surface area contributed by atoms with E-state index in [1.807, 2.05) is 4.90 Å². The normalized spacial score (nSPS) is 19.5. The maximum atomic E-state index is 12.4. The van der Waals surface area contributed by atoms with Gasteiger partial charge in [0.15, 0.2) is 5.96 Å². The summed E-state index contributed by atoms with van der Waals surface area (Å²) in [5.41, 5.74) is 2.62. The zero-order valence-electron chi connectivity index (χ0n) is 18.4. The lowest BCUT2D eigenvalue weighted by Crippen LogP contribution is -2.54. The Bertz CT molecular complexity index is 673. The van der Waals surface area contributed by atoms with Crippen molar-refractivity contribution in [1.82, 2.24) is 20.0 Å². The van der Waals surface area contributed by atoms with Crippen molar-refractivity contribution in [2.24, 2.45) is 4.99 Å². The van der Waals surface area contributed by atoms with E-state index in [2.05, 4.69) is 60.2 Å². The lowest BCUT2D eigenvalue weighted by atomic mass is 10.0. The van der Waals surface area contributed by atoms with Crippen LogP contribution in [0.5, 0.6) is 0 Å². The van der Waals surface area contributed by atoms with E-state index in [4.69, 9.17) is 4.99 Å². The summed E-state index contributed by atoms with van der Waals surface area (Å²) in [4.78, 5) is 24.0. The van der Waals surface area contributed by atoms with Crippen molar-refractivity contribution in [3.63, 3.8) is 0 Å². The largest absolute Gasteiger partial charge is 0.357 e. The first kappa shape index (κ1) is 21.6. The minimum absolute atomic E-state index is 0.295. The molecule has 1 aromatic carbocycles. The summed E-state index contributed by atoms with van der Waals surface area (Å²) in [5, 5.41) is 3.45. The molecule has 0 aromatic heterocycles. The van der Waals surface area contributed by atoms with Gasteiger partial charge >= 0.3 is 0 Å². The summed E-state index contributed by atoms with van der Waals surface area (Å²) in [6.45, 7) is 14.2. The van der Waals surface area contributed by atoms with Crippen molar-refractivity contribution in [2.75, 3.05) is 58.9 Å². The molecule has 0 spiro atoms. The van der Waals surface area contributed by atoms with E-state index in [1.54, 1.807) is 0 Å². The van der Waals surface area contributed by atoms with E-state index in [1.165, 1.54) is 11.1 Å². The number of amides is 1. The molecule has 2 aliphatic rings. The molecule has 2 aliphatic heterocycles. The van der Waals surface area contributed by atoms with Gasteiger partial charge in [-0.1, -0.05) is 36.8 Å². The highest BCUT2D eigenvalue weighted by molar-refractivity contribution is 5.80. The van der Waals surface area contributed by atoms with E-state index < -0.39 is 0 Å². The number of carbonyl (C=O) groups excluding carboxylic acids is 1. The van der Waals surface area contributed by atoms with Crippen LogP contribution in [0.1, 0.15) is 43.7 Å². The number of hydrogen-bond donors (Lipinski definition) is 1. The Morgan fingerprint density at radius 1 is 1.03 bits per heavy atom. The summed E-state index contributed by atoms with van der Waals surface area (Å²) in [6.07, 6.45) is 2.31. The standard InChI is InChI=1S/C23H37N5O/c1-4-24-23(25-17-20(3)21-9-7-19(2)8-10-21)28-15-13-26(14-16-28)18-22(29)27-11-5-6-12-27/h7-10,20H,4-6,11-18H2,1-3H3,(H,24,25). The Morgan fingerprint density at radius 3 is 2.31 bits per heavy atom. The molecule has 6 heteroatoms. The third-order valence-corrected chi connectivity index (χ3v) is 5.99. The fraction of sp³-hybridized carbons (Fsp3) is 0.652. The zero-order valence-corrected chi connectivity index (χ0v) is 18.4. The summed E-state index contributed by atoms with van der Waals surface area (Å²) in [7, 11) is 0. The summed E-state index contributed by atoms with van der Waals surface area (Å²) >= 11 is 0. The SMILES string of the molecule is CCNC(=NCC(C)c1ccc(C)cc1)N1CCN(CC(=O)N2CCCC2)CC1. The molecule has 0 saturated carbocycles. The number of benzene rings is 1. The van der Waals surface area contributed by atoms with Crippen LogP contribution in [0, 0.1) is 6.92 Å². The third kappa shape index (κ3) is 6.20. The van der Waals surface area contributed by atoms with Crippen LogP contribution < -0.4 is 5.32 Å². The number of nitrogens with zero attached hydrogens (tertiary/aromatic N) is 4. The number of hydrogen-bond acceptors (Lipinski definition) is 3. The number of guanidine groups is 1. The van der Waals surface area contributed by atoms with Gasteiger partial charge in [-0.3, -0.25) is 14.7 Å². The van der Waals surface area contributed by atoms with Crippen molar-refractivity contribution in [2.45, 2.75) is 39.5 Å². The number of piperazine rings is 1. The fourth-order valence-electron chi connectivity index (χ4n) is 4.03. The molecule has 1 N–H and O–H groups in total. The van der Waals surface area contributed by atoms with Crippen LogP contribution in [-0.2, 0) is 4.79 Å². The third-order valence-electron chi connectivity index (χ3n) is 5.99. The van der Waals surface area contributed by atoms with Crippen LogP contribution >= 0.6 is 0 Å². The van der Waals surface area contributed by atoms with Gasteiger partial charge in [-0.05, 0) is 32.3 Å². The van der Waals surface area contributed by atoms with Crippen molar-refractivity contribution < 1.29 is 4.79 Å². The first-order valence-electron chi connectivity index (χ1n) is 11.2. The maximum absolute atomic E-state index is 12.4. The van der Waals surface area contributed by atoms with E-state index in [0.29, 0.717) is 18.4 Å². The average molecular weight is 400 g/mol. The predicted octanol–water partition coefficient (Wildman–Crippen LogP) is 2.30. The van der Waals surface area contributed by atoms with Crippen LogP contribution in [-0.4, -0.2) is 85.5 Å². The van der Waals surface area contributed by atoms with Gasteiger partial charge in [-0.25, -0.2) is 0 Å². The number of likely N-dealkylation sites (tertiary alicyclic amines) is 1. The summed E-state index contributed by atoms with van der Waals surface area (Å²) in [6, 6.07) is 8.75. The molecule has 2 saturated heterocycles. The second-order valence-corrected chi connectivity index (χ2v) is 8.36. The average Bonchev–Trinajstić information content (AvgIpc) is 3.27. The fourth-order valence-corrected chi connectivity index (χ4v) is 4.03. The molecule has 29 heavy (non-hydrogen) atoms. The number of nitrogens with one attached hydrogen (secondary N) is 1. The molecule has 0 bridgehead atoms. The molecule has 3 rings (SSSR count). The first-order valence-corrected chi connectivity index (χ1v) is 11.2.